The monoisotopic (exact) mass is 304 g/mol. The second kappa shape index (κ2) is 7.54. The lowest BCUT2D eigenvalue weighted by Crippen LogP contribution is -2.36. The molecule has 0 fully saturated rings. The third kappa shape index (κ3) is 4.68. The Kier molecular flexibility index (Phi) is 5.45. The van der Waals surface area contributed by atoms with E-state index in [-0.39, 0.29) is 18.2 Å². The topological polar surface area (TPSA) is 71.3 Å². The number of thioether (sulfide) groups is 1. The molecule has 0 aliphatic carbocycles. The summed E-state index contributed by atoms with van der Waals surface area (Å²) in [6, 6.07) is 12.9. The summed E-state index contributed by atoms with van der Waals surface area (Å²) in [6.07, 6.45) is 1.86. The van der Waals surface area contributed by atoms with Crippen molar-refractivity contribution in [1.29, 1.82) is 0 Å². The van der Waals surface area contributed by atoms with E-state index in [2.05, 4.69) is 10.6 Å². The second-order valence-corrected chi connectivity index (χ2v) is 5.08. The molecule has 1 aromatic heterocycles. The van der Waals surface area contributed by atoms with Gasteiger partial charge in [0.2, 0.25) is 5.91 Å². The van der Waals surface area contributed by atoms with Crippen molar-refractivity contribution >= 4 is 23.6 Å². The second-order valence-electron chi connectivity index (χ2n) is 4.27. The minimum absolute atomic E-state index is 0.0824. The quantitative estimate of drug-likeness (QED) is 0.801. The molecular formula is C15H16N2O3S. The summed E-state index contributed by atoms with van der Waals surface area (Å²) in [6.45, 7) is 0.355. The molecule has 2 amide bonds. The average Bonchev–Trinajstić information content (AvgIpc) is 3.00. The molecule has 0 spiro atoms. The third-order valence-corrected chi connectivity index (χ3v) is 3.37. The van der Waals surface area contributed by atoms with Crippen LogP contribution >= 0.6 is 11.8 Å². The van der Waals surface area contributed by atoms with Crippen molar-refractivity contribution in [3.8, 4) is 0 Å². The van der Waals surface area contributed by atoms with Gasteiger partial charge in [0, 0.05) is 6.54 Å². The predicted molar refractivity (Wildman–Crippen MR) is 81.1 cm³/mol. The van der Waals surface area contributed by atoms with Gasteiger partial charge >= 0.3 is 0 Å². The molecule has 0 radical (unpaired) electrons. The molecule has 0 aliphatic heterocycles. The molecule has 5 nitrogen and oxygen atoms in total. The van der Waals surface area contributed by atoms with Crippen molar-refractivity contribution in [2.75, 3.05) is 12.8 Å². The molecule has 2 N–H and O–H groups in total. The highest BCUT2D eigenvalue weighted by atomic mass is 32.2. The molecule has 0 unspecified atom stereocenters. The molecule has 6 heteroatoms. The normalized spacial score (nSPS) is 10.1. The van der Waals surface area contributed by atoms with Crippen molar-refractivity contribution in [3.05, 3.63) is 53.8 Å². The van der Waals surface area contributed by atoms with Gasteiger partial charge in [-0.25, -0.2) is 0 Å². The van der Waals surface area contributed by atoms with Gasteiger partial charge in [0.1, 0.15) is 0 Å². The van der Waals surface area contributed by atoms with Gasteiger partial charge in [-0.1, -0.05) is 42.1 Å². The molecule has 1 heterocycles. The van der Waals surface area contributed by atoms with Crippen LogP contribution in [0.2, 0.25) is 0 Å². The van der Waals surface area contributed by atoms with Crippen LogP contribution in [0.15, 0.2) is 52.0 Å². The maximum atomic E-state index is 11.8. The van der Waals surface area contributed by atoms with Crippen molar-refractivity contribution < 1.29 is 14.0 Å². The summed E-state index contributed by atoms with van der Waals surface area (Å²) in [5.74, 6) is -0.441. The number of benzene rings is 1. The first kappa shape index (κ1) is 15.2. The van der Waals surface area contributed by atoms with Gasteiger partial charge in [-0.15, -0.1) is 0 Å². The number of nitrogens with one attached hydrogen (secondary N) is 2. The van der Waals surface area contributed by atoms with Gasteiger partial charge in [0.05, 0.1) is 6.54 Å². The fraction of sp³-hybridized carbons (Fsp3) is 0.200. The van der Waals surface area contributed by atoms with Gasteiger partial charge in [-0.2, -0.15) is 0 Å². The number of carbonyl (C=O) groups excluding carboxylic acids is 2. The van der Waals surface area contributed by atoms with E-state index in [9.17, 15) is 9.59 Å². The number of hydrogen-bond acceptors (Lipinski definition) is 4. The zero-order valence-corrected chi connectivity index (χ0v) is 12.4. The van der Waals surface area contributed by atoms with Crippen molar-refractivity contribution in [3.63, 3.8) is 0 Å². The zero-order chi connectivity index (χ0) is 15.1. The molecule has 0 bridgehead atoms. The van der Waals surface area contributed by atoms with Crippen LogP contribution in [0, 0.1) is 0 Å². The van der Waals surface area contributed by atoms with E-state index >= 15 is 0 Å². The van der Waals surface area contributed by atoms with Crippen LogP contribution in [0.5, 0.6) is 0 Å². The lowest BCUT2D eigenvalue weighted by Gasteiger charge is -2.06. The SMILES string of the molecule is CSc1ccc(C(=O)NCC(=O)NCc2ccccc2)o1. The number of rotatable bonds is 6. The van der Waals surface area contributed by atoms with Crippen LogP contribution < -0.4 is 10.6 Å². The van der Waals surface area contributed by atoms with Gasteiger partial charge in [-0.05, 0) is 24.0 Å². The van der Waals surface area contributed by atoms with Crippen LogP contribution in [0.25, 0.3) is 0 Å². The highest BCUT2D eigenvalue weighted by Gasteiger charge is 2.12. The maximum absolute atomic E-state index is 11.8. The molecule has 0 saturated heterocycles. The predicted octanol–water partition coefficient (Wildman–Crippen LogP) is 2.05. The van der Waals surface area contributed by atoms with Crippen LogP contribution in [0.1, 0.15) is 16.1 Å². The number of furan rings is 1. The Morgan fingerprint density at radius 2 is 1.86 bits per heavy atom. The third-order valence-electron chi connectivity index (χ3n) is 2.75. The molecular weight excluding hydrogens is 288 g/mol. The Hall–Kier alpha value is -2.21. The number of carbonyl (C=O) groups is 2. The minimum Gasteiger partial charge on any atom is -0.445 e. The summed E-state index contributed by atoms with van der Waals surface area (Å²) in [4.78, 5) is 23.4. The Morgan fingerprint density at radius 1 is 1.10 bits per heavy atom. The molecule has 0 aliphatic rings. The Bertz CT molecular complexity index is 610. The first-order chi connectivity index (χ1) is 10.2. The van der Waals surface area contributed by atoms with Crippen molar-refractivity contribution in [2.45, 2.75) is 11.6 Å². The maximum Gasteiger partial charge on any atom is 0.287 e. The minimum atomic E-state index is -0.398. The van der Waals surface area contributed by atoms with Gasteiger partial charge in [0.15, 0.2) is 10.9 Å². The Balaban J connectivity index is 1.74. The smallest absolute Gasteiger partial charge is 0.287 e. The Morgan fingerprint density at radius 3 is 2.52 bits per heavy atom. The molecule has 0 saturated carbocycles. The molecule has 0 atom stereocenters. The van der Waals surface area contributed by atoms with Crippen LogP contribution in [0.3, 0.4) is 0 Å². The average molecular weight is 304 g/mol. The zero-order valence-electron chi connectivity index (χ0n) is 11.6. The van der Waals surface area contributed by atoms with E-state index in [1.165, 1.54) is 11.8 Å². The van der Waals surface area contributed by atoms with E-state index < -0.39 is 5.91 Å². The van der Waals surface area contributed by atoms with Crippen molar-refractivity contribution in [2.24, 2.45) is 0 Å². The first-order valence-corrected chi connectivity index (χ1v) is 7.64. The van der Waals surface area contributed by atoms with Gasteiger partial charge < -0.3 is 15.1 Å². The van der Waals surface area contributed by atoms with Crippen LogP contribution in [-0.4, -0.2) is 24.6 Å². The summed E-state index contributed by atoms with van der Waals surface area (Å²) in [5.41, 5.74) is 1.01. The summed E-state index contributed by atoms with van der Waals surface area (Å²) < 4.78 is 5.28. The first-order valence-electron chi connectivity index (χ1n) is 6.41. The summed E-state index contributed by atoms with van der Waals surface area (Å²) in [7, 11) is 0. The summed E-state index contributed by atoms with van der Waals surface area (Å²) in [5, 5.41) is 5.91. The summed E-state index contributed by atoms with van der Waals surface area (Å²) >= 11 is 1.41. The molecule has 2 aromatic rings. The number of amides is 2. The fourth-order valence-electron chi connectivity index (χ4n) is 1.66. The van der Waals surface area contributed by atoms with Gasteiger partial charge in [0.25, 0.3) is 5.91 Å². The highest BCUT2D eigenvalue weighted by Crippen LogP contribution is 2.17. The van der Waals surface area contributed by atoms with E-state index in [0.717, 1.165) is 5.56 Å². The molecule has 2 rings (SSSR count). The number of hydrogen-bond donors (Lipinski definition) is 2. The van der Waals surface area contributed by atoms with E-state index in [1.54, 1.807) is 12.1 Å². The lowest BCUT2D eigenvalue weighted by atomic mass is 10.2. The van der Waals surface area contributed by atoms with Crippen molar-refractivity contribution in [1.82, 2.24) is 10.6 Å². The van der Waals surface area contributed by atoms with Crippen LogP contribution in [0.4, 0.5) is 0 Å². The molecule has 1 aromatic carbocycles. The van der Waals surface area contributed by atoms with Gasteiger partial charge in [-0.3, -0.25) is 9.59 Å². The standard InChI is InChI=1S/C15H16N2O3S/c1-21-14-8-7-12(20-14)15(19)17-10-13(18)16-9-11-5-3-2-4-6-11/h2-8H,9-10H2,1H3,(H,16,18)(H,17,19). The van der Waals surface area contributed by atoms with E-state index in [0.29, 0.717) is 11.6 Å². The molecule has 21 heavy (non-hydrogen) atoms. The Labute approximate surface area is 127 Å². The van der Waals surface area contributed by atoms with E-state index in [4.69, 9.17) is 4.42 Å². The lowest BCUT2D eigenvalue weighted by molar-refractivity contribution is -0.120. The van der Waals surface area contributed by atoms with Crippen LogP contribution in [-0.2, 0) is 11.3 Å². The largest absolute Gasteiger partial charge is 0.445 e. The fourth-order valence-corrected chi connectivity index (χ4v) is 2.04. The van der Waals surface area contributed by atoms with E-state index in [1.807, 2.05) is 36.6 Å². The molecule has 110 valence electrons. The highest BCUT2D eigenvalue weighted by molar-refractivity contribution is 7.98.